The van der Waals surface area contributed by atoms with Gasteiger partial charge in [0.05, 0.1) is 11.1 Å². The maximum Gasteiger partial charge on any atom is 0.490 e. The molecule has 0 aliphatic carbocycles. The summed E-state index contributed by atoms with van der Waals surface area (Å²) in [5, 5.41) is 20.4. The van der Waals surface area contributed by atoms with E-state index in [0.717, 1.165) is 5.52 Å². The molecule has 0 aliphatic rings. The molecule has 2 aromatic carbocycles. The molecule has 180 valence electrons. The van der Waals surface area contributed by atoms with Gasteiger partial charge in [0.25, 0.3) is 5.89 Å². The fraction of sp³-hybridized carbons (Fsp3) is 0.238. The minimum Gasteiger partial charge on any atom is -0.475 e. The number of carbonyl (C=O) groups is 1. The number of fused-ring (bicyclic) bond motifs is 1. The summed E-state index contributed by atoms with van der Waals surface area (Å²) in [6.45, 7) is 0.286. The molecule has 4 aromatic rings. The molecule has 0 spiro atoms. The van der Waals surface area contributed by atoms with Crippen molar-refractivity contribution in [2.75, 3.05) is 14.1 Å². The molecule has 0 aliphatic heterocycles. The highest BCUT2D eigenvalue weighted by molar-refractivity contribution is 5.89. The molecule has 9 nitrogen and oxygen atoms in total. The van der Waals surface area contributed by atoms with Gasteiger partial charge in [0, 0.05) is 17.7 Å². The van der Waals surface area contributed by atoms with Gasteiger partial charge in [-0.3, -0.25) is 0 Å². The zero-order chi connectivity index (χ0) is 25.0. The van der Waals surface area contributed by atoms with Gasteiger partial charge in [-0.05, 0) is 44.4 Å². The second kappa shape index (κ2) is 9.97. The Morgan fingerprint density at radius 1 is 1.18 bits per heavy atom. The molecule has 0 radical (unpaired) electrons. The first-order valence-electron chi connectivity index (χ1n) is 9.65. The highest BCUT2D eigenvalue weighted by Gasteiger charge is 2.38. The van der Waals surface area contributed by atoms with E-state index < -0.39 is 12.1 Å². The first kappa shape index (κ1) is 24.8. The molecule has 0 bridgehead atoms. The van der Waals surface area contributed by atoms with Crippen LogP contribution in [-0.4, -0.2) is 61.5 Å². The molecule has 0 unspecified atom stereocenters. The third-order valence-electron chi connectivity index (χ3n) is 4.40. The fourth-order valence-electron chi connectivity index (χ4n) is 2.96. The number of carboxylic acids is 1. The number of aliphatic hydroxyl groups is 1. The smallest absolute Gasteiger partial charge is 0.475 e. The van der Waals surface area contributed by atoms with Crippen molar-refractivity contribution in [3.05, 3.63) is 53.6 Å². The average Bonchev–Trinajstić information content (AvgIpc) is 3.41. The molecule has 0 atom stereocenters. The number of aliphatic hydroxyl groups excluding tert-OH is 1. The first-order chi connectivity index (χ1) is 16.0. The van der Waals surface area contributed by atoms with Crippen LogP contribution in [0.1, 0.15) is 11.4 Å². The van der Waals surface area contributed by atoms with E-state index in [1.54, 1.807) is 12.1 Å². The van der Waals surface area contributed by atoms with E-state index in [2.05, 4.69) is 20.1 Å². The third-order valence-corrected chi connectivity index (χ3v) is 4.40. The number of hydrogen-bond acceptors (Lipinski definition) is 7. The monoisotopic (exact) mass is 481 g/mol. The second-order valence-corrected chi connectivity index (χ2v) is 7.31. The van der Waals surface area contributed by atoms with E-state index in [-0.39, 0.29) is 12.4 Å². The van der Waals surface area contributed by atoms with Crippen molar-refractivity contribution < 1.29 is 37.1 Å². The maximum absolute atomic E-state index is 14.0. The number of aromatic amines is 1. The first-order valence-corrected chi connectivity index (χ1v) is 9.65. The number of H-pyrrole nitrogens is 1. The van der Waals surface area contributed by atoms with Crippen LogP contribution >= 0.6 is 0 Å². The van der Waals surface area contributed by atoms with Gasteiger partial charge >= 0.3 is 12.1 Å². The molecule has 2 aromatic heterocycles. The standard InChI is InChI=1S/C19H18FN5O2.C2HF3O2/c1-25(2)9-12-8-11(6-7-14(12)20)18-23-19(27-24-18)13-4-3-5-15-17(13)22-16(10-26)21-15;3-2(4,5)1(6)7/h3-8,26H,9-10H2,1-2H3,(H,21,22);(H,6,7). The molecule has 0 amide bonds. The molecule has 2 heterocycles. The molecule has 0 saturated carbocycles. The Bertz CT molecular complexity index is 1300. The third kappa shape index (κ3) is 5.74. The minimum atomic E-state index is -5.08. The highest BCUT2D eigenvalue weighted by Crippen LogP contribution is 2.28. The van der Waals surface area contributed by atoms with Crippen LogP contribution in [0.15, 0.2) is 40.9 Å². The number of nitrogens with zero attached hydrogens (tertiary/aromatic N) is 4. The molecule has 4 rings (SSSR count). The van der Waals surface area contributed by atoms with Crippen LogP contribution < -0.4 is 0 Å². The Labute approximate surface area is 189 Å². The van der Waals surface area contributed by atoms with Crippen LogP contribution in [0, 0.1) is 5.82 Å². The van der Waals surface area contributed by atoms with Crippen molar-refractivity contribution in [2.45, 2.75) is 19.3 Å². The number of rotatable bonds is 5. The summed E-state index contributed by atoms with van der Waals surface area (Å²) in [6.07, 6.45) is -5.08. The number of halogens is 4. The zero-order valence-corrected chi connectivity index (χ0v) is 17.9. The maximum atomic E-state index is 14.0. The average molecular weight is 481 g/mol. The Balaban J connectivity index is 0.000000406. The molecular formula is C21H19F4N5O4. The lowest BCUT2D eigenvalue weighted by molar-refractivity contribution is -0.192. The molecule has 13 heteroatoms. The van der Waals surface area contributed by atoms with Crippen molar-refractivity contribution in [1.29, 1.82) is 0 Å². The molecule has 3 N–H and O–H groups in total. The lowest BCUT2D eigenvalue weighted by atomic mass is 10.1. The summed E-state index contributed by atoms with van der Waals surface area (Å²) < 4.78 is 51.2. The van der Waals surface area contributed by atoms with Crippen LogP contribution in [0.2, 0.25) is 0 Å². The van der Waals surface area contributed by atoms with Gasteiger partial charge in [-0.15, -0.1) is 0 Å². The van der Waals surface area contributed by atoms with Crippen molar-refractivity contribution in [2.24, 2.45) is 0 Å². The summed E-state index contributed by atoms with van der Waals surface area (Å²) in [5.41, 5.74) is 3.31. The van der Waals surface area contributed by atoms with Crippen LogP contribution in [0.5, 0.6) is 0 Å². The van der Waals surface area contributed by atoms with E-state index in [1.165, 1.54) is 6.07 Å². The predicted molar refractivity (Wildman–Crippen MR) is 112 cm³/mol. The van der Waals surface area contributed by atoms with Crippen LogP contribution in [-0.2, 0) is 17.9 Å². The lowest BCUT2D eigenvalue weighted by Gasteiger charge is -2.11. The number of benzene rings is 2. The Morgan fingerprint density at radius 2 is 1.88 bits per heavy atom. The summed E-state index contributed by atoms with van der Waals surface area (Å²) in [6, 6.07) is 10.3. The van der Waals surface area contributed by atoms with Gasteiger partial charge in [-0.25, -0.2) is 14.2 Å². The molecular weight excluding hydrogens is 462 g/mol. The Kier molecular flexibility index (Phi) is 7.27. The summed E-state index contributed by atoms with van der Waals surface area (Å²) >= 11 is 0. The van der Waals surface area contributed by atoms with E-state index >= 15 is 0 Å². The predicted octanol–water partition coefficient (Wildman–Crippen LogP) is 3.61. The number of carboxylic acid groups (broad SMARTS) is 1. The molecule has 0 fully saturated rings. The quantitative estimate of drug-likeness (QED) is 0.369. The van der Waals surface area contributed by atoms with E-state index in [0.29, 0.717) is 46.3 Å². The lowest BCUT2D eigenvalue weighted by Crippen LogP contribution is -2.21. The summed E-state index contributed by atoms with van der Waals surface area (Å²) in [7, 11) is 3.76. The van der Waals surface area contributed by atoms with E-state index in [9.17, 15) is 22.7 Å². The summed E-state index contributed by atoms with van der Waals surface area (Å²) in [5.74, 6) is -1.88. The number of alkyl halides is 3. The zero-order valence-electron chi connectivity index (χ0n) is 17.9. The van der Waals surface area contributed by atoms with Crippen molar-refractivity contribution in [3.8, 4) is 22.8 Å². The number of para-hydroxylation sites is 1. The van der Waals surface area contributed by atoms with Crippen molar-refractivity contribution in [1.82, 2.24) is 25.0 Å². The number of nitrogens with one attached hydrogen (secondary N) is 1. The second-order valence-electron chi connectivity index (χ2n) is 7.31. The van der Waals surface area contributed by atoms with Gasteiger partial charge in [-0.2, -0.15) is 18.2 Å². The minimum absolute atomic E-state index is 0.187. The fourth-order valence-corrected chi connectivity index (χ4v) is 2.96. The number of hydrogen-bond donors (Lipinski definition) is 3. The molecule has 34 heavy (non-hydrogen) atoms. The van der Waals surface area contributed by atoms with Crippen molar-refractivity contribution >= 4 is 17.0 Å². The van der Waals surface area contributed by atoms with Gasteiger partial charge in [0.1, 0.15) is 23.8 Å². The van der Waals surface area contributed by atoms with Gasteiger partial charge < -0.3 is 24.6 Å². The van der Waals surface area contributed by atoms with Gasteiger partial charge in [0.2, 0.25) is 5.82 Å². The van der Waals surface area contributed by atoms with Gasteiger partial charge in [0.15, 0.2) is 0 Å². The van der Waals surface area contributed by atoms with Crippen LogP contribution in [0.3, 0.4) is 0 Å². The van der Waals surface area contributed by atoms with Crippen molar-refractivity contribution in [3.63, 3.8) is 0 Å². The normalized spacial score (nSPS) is 11.5. The highest BCUT2D eigenvalue weighted by atomic mass is 19.4. The van der Waals surface area contributed by atoms with E-state index in [4.69, 9.17) is 14.4 Å². The van der Waals surface area contributed by atoms with E-state index in [1.807, 2.05) is 37.2 Å². The Hall–Kier alpha value is -3.84. The Morgan fingerprint density at radius 3 is 2.50 bits per heavy atom. The SMILES string of the molecule is CN(C)Cc1cc(-c2noc(-c3cccc4[nH]c(CO)nc34)n2)ccc1F.O=C(O)C(F)(F)F. The van der Waals surface area contributed by atoms with Gasteiger partial charge in [-0.1, -0.05) is 11.2 Å². The number of aliphatic carboxylic acids is 1. The van der Waals surface area contributed by atoms with Crippen LogP contribution in [0.4, 0.5) is 17.6 Å². The number of aromatic nitrogens is 4. The largest absolute Gasteiger partial charge is 0.490 e. The van der Waals surface area contributed by atoms with Crippen LogP contribution in [0.25, 0.3) is 33.9 Å². The molecule has 0 saturated heterocycles. The topological polar surface area (TPSA) is 128 Å². The summed E-state index contributed by atoms with van der Waals surface area (Å²) in [4.78, 5) is 22.6. The number of imidazole rings is 1.